The topological polar surface area (TPSA) is 102 Å². The number of nitrogens with one attached hydrogen (secondary N) is 2. The van der Waals surface area contributed by atoms with E-state index < -0.39 is 23.8 Å². The van der Waals surface area contributed by atoms with E-state index in [1.807, 2.05) is 6.07 Å². The average Bonchev–Trinajstić information content (AvgIpc) is 2.92. The van der Waals surface area contributed by atoms with E-state index in [2.05, 4.69) is 20.4 Å². The van der Waals surface area contributed by atoms with Gasteiger partial charge in [0, 0.05) is 57.4 Å². The quantitative estimate of drug-likeness (QED) is 0.643. The number of hydrogen-bond donors (Lipinski definition) is 2. The minimum atomic E-state index is -0.926. The average molecular weight is 397 g/mol. The van der Waals surface area contributed by atoms with Gasteiger partial charge in [0.05, 0.1) is 11.1 Å². The van der Waals surface area contributed by atoms with Crippen molar-refractivity contribution in [2.75, 3.05) is 44.2 Å². The number of imide groups is 2. The minimum absolute atomic E-state index is 0.121. The summed E-state index contributed by atoms with van der Waals surface area (Å²) in [4.78, 5) is 54.9. The summed E-state index contributed by atoms with van der Waals surface area (Å²) in [7, 11) is 0. The second kappa shape index (κ2) is 6.93. The summed E-state index contributed by atoms with van der Waals surface area (Å²) in [6.07, 6.45) is 0.289. The van der Waals surface area contributed by atoms with Crippen molar-refractivity contribution in [3.8, 4) is 0 Å². The molecular formula is C20H23N5O4. The highest BCUT2D eigenvalue weighted by Gasteiger charge is 2.45. The molecule has 4 amide bonds. The van der Waals surface area contributed by atoms with Gasteiger partial charge in [-0.15, -0.1) is 0 Å². The van der Waals surface area contributed by atoms with E-state index in [9.17, 15) is 19.2 Å². The smallest absolute Gasteiger partial charge is 0.262 e. The van der Waals surface area contributed by atoms with Gasteiger partial charge in [0.1, 0.15) is 6.04 Å². The standard InChI is InChI=1S/C20H23N5O4/c26-17-4-3-16(18(27)22-17)25-19(28)14-2-1-12(9-15(14)20(25)29)24-10-13(11-24)23-7-5-21-6-8-23/h1-2,9,13,16,21H,3-8,10-11H2,(H,22,26,27). The van der Waals surface area contributed by atoms with Crippen LogP contribution >= 0.6 is 0 Å². The SMILES string of the molecule is O=C1CCC(N2C(=O)c3ccc(N4CC(N5CCNCC5)C4)cc3C2=O)C(=O)N1. The number of anilines is 1. The van der Waals surface area contributed by atoms with Crippen LogP contribution in [0.15, 0.2) is 18.2 Å². The zero-order valence-electron chi connectivity index (χ0n) is 16.0. The maximum absolute atomic E-state index is 12.9. The molecule has 2 N–H and O–H groups in total. The third-order valence-electron chi connectivity index (χ3n) is 6.32. The van der Waals surface area contributed by atoms with E-state index in [1.165, 1.54) is 0 Å². The van der Waals surface area contributed by atoms with Gasteiger partial charge in [0.25, 0.3) is 11.8 Å². The summed E-state index contributed by atoms with van der Waals surface area (Å²) in [5, 5.41) is 5.57. The van der Waals surface area contributed by atoms with Crippen LogP contribution in [0.1, 0.15) is 33.6 Å². The molecule has 1 atom stereocenters. The van der Waals surface area contributed by atoms with Gasteiger partial charge in [-0.25, -0.2) is 0 Å². The predicted octanol–water partition coefficient (Wildman–Crippen LogP) is -0.818. The Bertz CT molecular complexity index is 904. The van der Waals surface area contributed by atoms with E-state index in [-0.39, 0.29) is 18.7 Å². The van der Waals surface area contributed by atoms with Crippen LogP contribution in [0.2, 0.25) is 0 Å². The number of piperidine rings is 1. The third-order valence-corrected chi connectivity index (χ3v) is 6.32. The summed E-state index contributed by atoms with van der Waals surface area (Å²) in [5.41, 5.74) is 1.58. The predicted molar refractivity (Wildman–Crippen MR) is 104 cm³/mol. The Labute approximate surface area is 168 Å². The van der Waals surface area contributed by atoms with Gasteiger partial charge in [-0.2, -0.15) is 0 Å². The van der Waals surface area contributed by atoms with Crippen molar-refractivity contribution in [1.29, 1.82) is 0 Å². The van der Waals surface area contributed by atoms with Crippen LogP contribution in [0.4, 0.5) is 5.69 Å². The molecule has 29 heavy (non-hydrogen) atoms. The summed E-state index contributed by atoms with van der Waals surface area (Å²) >= 11 is 0. The summed E-state index contributed by atoms with van der Waals surface area (Å²) in [5.74, 6) is -1.88. The highest BCUT2D eigenvalue weighted by atomic mass is 16.2. The van der Waals surface area contributed by atoms with Gasteiger partial charge in [0.15, 0.2) is 0 Å². The van der Waals surface area contributed by atoms with Crippen LogP contribution in [0.3, 0.4) is 0 Å². The number of hydrogen-bond acceptors (Lipinski definition) is 7. The number of piperazine rings is 1. The van der Waals surface area contributed by atoms with Gasteiger partial charge in [-0.05, 0) is 24.6 Å². The van der Waals surface area contributed by atoms with E-state index in [0.29, 0.717) is 17.2 Å². The Morgan fingerprint density at radius 2 is 1.66 bits per heavy atom. The lowest BCUT2D eigenvalue weighted by atomic mass is 10.0. The van der Waals surface area contributed by atoms with E-state index in [1.54, 1.807) is 12.1 Å². The van der Waals surface area contributed by atoms with Crippen LogP contribution in [-0.4, -0.2) is 84.8 Å². The molecule has 4 aliphatic heterocycles. The molecule has 3 saturated heterocycles. The monoisotopic (exact) mass is 397 g/mol. The normalized spacial score (nSPS) is 25.9. The van der Waals surface area contributed by atoms with Crippen molar-refractivity contribution in [2.45, 2.75) is 24.9 Å². The highest BCUT2D eigenvalue weighted by molar-refractivity contribution is 6.23. The van der Waals surface area contributed by atoms with Crippen LogP contribution in [0.25, 0.3) is 0 Å². The largest absolute Gasteiger partial charge is 0.368 e. The Morgan fingerprint density at radius 1 is 0.931 bits per heavy atom. The third kappa shape index (κ3) is 3.01. The van der Waals surface area contributed by atoms with Crippen molar-refractivity contribution in [3.05, 3.63) is 29.3 Å². The van der Waals surface area contributed by atoms with Gasteiger partial charge in [-0.1, -0.05) is 0 Å². The minimum Gasteiger partial charge on any atom is -0.368 e. The molecule has 4 heterocycles. The molecule has 0 bridgehead atoms. The molecule has 0 spiro atoms. The maximum Gasteiger partial charge on any atom is 0.262 e. The van der Waals surface area contributed by atoms with Crippen molar-refractivity contribution < 1.29 is 19.2 Å². The van der Waals surface area contributed by atoms with Crippen LogP contribution in [-0.2, 0) is 9.59 Å². The number of amides is 4. The molecule has 0 radical (unpaired) electrons. The van der Waals surface area contributed by atoms with E-state index >= 15 is 0 Å². The lowest BCUT2D eigenvalue weighted by Gasteiger charge is -2.48. The molecule has 4 aliphatic rings. The van der Waals surface area contributed by atoms with Crippen molar-refractivity contribution in [1.82, 2.24) is 20.4 Å². The molecule has 0 aromatic heterocycles. The molecule has 1 unspecified atom stereocenters. The number of nitrogens with zero attached hydrogens (tertiary/aromatic N) is 3. The zero-order valence-corrected chi connectivity index (χ0v) is 16.0. The molecular weight excluding hydrogens is 374 g/mol. The fraction of sp³-hybridized carbons (Fsp3) is 0.500. The van der Waals surface area contributed by atoms with Crippen molar-refractivity contribution >= 4 is 29.3 Å². The van der Waals surface area contributed by atoms with Gasteiger partial charge >= 0.3 is 0 Å². The molecule has 152 valence electrons. The molecule has 0 saturated carbocycles. The summed E-state index contributed by atoms with van der Waals surface area (Å²) < 4.78 is 0. The Kier molecular flexibility index (Phi) is 4.36. The van der Waals surface area contributed by atoms with E-state index in [4.69, 9.17) is 0 Å². The van der Waals surface area contributed by atoms with Crippen molar-refractivity contribution in [3.63, 3.8) is 0 Å². The zero-order chi connectivity index (χ0) is 20.1. The maximum atomic E-state index is 12.9. The number of rotatable bonds is 3. The van der Waals surface area contributed by atoms with Crippen LogP contribution in [0.5, 0.6) is 0 Å². The first-order valence-corrected chi connectivity index (χ1v) is 10.1. The first kappa shape index (κ1) is 18.3. The molecule has 9 heteroatoms. The van der Waals surface area contributed by atoms with Gasteiger partial charge in [-0.3, -0.25) is 34.3 Å². The lowest BCUT2D eigenvalue weighted by molar-refractivity contribution is -0.136. The first-order valence-electron chi connectivity index (χ1n) is 10.1. The Hall–Kier alpha value is -2.78. The summed E-state index contributed by atoms with van der Waals surface area (Å²) in [6.45, 7) is 5.94. The first-order chi connectivity index (χ1) is 14.0. The molecule has 1 aromatic rings. The van der Waals surface area contributed by atoms with Gasteiger partial charge < -0.3 is 10.2 Å². The van der Waals surface area contributed by atoms with E-state index in [0.717, 1.165) is 49.9 Å². The van der Waals surface area contributed by atoms with Gasteiger partial charge in [0.2, 0.25) is 11.8 Å². The Morgan fingerprint density at radius 3 is 2.38 bits per heavy atom. The summed E-state index contributed by atoms with van der Waals surface area (Å²) in [6, 6.07) is 4.89. The number of benzene rings is 1. The van der Waals surface area contributed by atoms with Crippen LogP contribution in [0, 0.1) is 0 Å². The lowest BCUT2D eigenvalue weighted by Crippen LogP contribution is -2.62. The molecule has 9 nitrogen and oxygen atoms in total. The molecule has 5 rings (SSSR count). The fourth-order valence-electron chi connectivity index (χ4n) is 4.60. The van der Waals surface area contributed by atoms with Crippen LogP contribution < -0.4 is 15.5 Å². The number of fused-ring (bicyclic) bond motifs is 1. The van der Waals surface area contributed by atoms with Crippen molar-refractivity contribution in [2.24, 2.45) is 0 Å². The number of carbonyl (C=O) groups is 4. The molecule has 0 aliphatic carbocycles. The number of carbonyl (C=O) groups excluding carboxylic acids is 4. The molecule has 3 fully saturated rings. The second-order valence-corrected chi connectivity index (χ2v) is 8.02. The Balaban J connectivity index is 1.31. The second-order valence-electron chi connectivity index (χ2n) is 8.02. The fourth-order valence-corrected chi connectivity index (χ4v) is 4.60. The highest BCUT2D eigenvalue weighted by Crippen LogP contribution is 2.32. The molecule has 1 aromatic carbocycles.